The molecule has 18 heavy (non-hydrogen) atoms. The number of nitrogens with two attached hydrogens (primary N) is 1. The van der Waals surface area contributed by atoms with Gasteiger partial charge in [-0.2, -0.15) is 0 Å². The smallest absolute Gasteiger partial charge is 0.224 e. The Morgan fingerprint density at radius 3 is 2.67 bits per heavy atom. The zero-order valence-corrected chi connectivity index (χ0v) is 11.3. The Bertz CT molecular complexity index is 573. The predicted octanol–water partition coefficient (Wildman–Crippen LogP) is 3.95. The van der Waals surface area contributed by atoms with Gasteiger partial charge in [0.2, 0.25) is 5.88 Å². The van der Waals surface area contributed by atoms with Crippen LogP contribution in [0.15, 0.2) is 30.3 Å². The first-order valence-electron chi connectivity index (χ1n) is 5.39. The number of nitrogens with zero attached hydrogens (tertiary/aromatic N) is 1. The number of hydrogen-bond donors (Lipinski definition) is 1. The number of halogens is 2. The average molecular weight is 283 g/mol. The minimum atomic E-state index is 0.355. The topological polar surface area (TPSA) is 48.1 Å². The molecule has 0 aliphatic carbocycles. The molecule has 2 rings (SSSR count). The molecule has 0 fully saturated rings. The normalized spacial score (nSPS) is 10.4. The molecule has 5 heteroatoms. The quantitative estimate of drug-likeness (QED) is 0.927. The van der Waals surface area contributed by atoms with Crippen LogP contribution in [0.2, 0.25) is 10.0 Å². The fourth-order valence-corrected chi connectivity index (χ4v) is 1.91. The van der Waals surface area contributed by atoms with Crippen LogP contribution in [-0.2, 0) is 6.54 Å². The Labute approximate surface area is 115 Å². The third kappa shape index (κ3) is 2.93. The highest BCUT2D eigenvalue weighted by Crippen LogP contribution is 2.32. The van der Waals surface area contributed by atoms with E-state index in [1.54, 1.807) is 18.2 Å². The van der Waals surface area contributed by atoms with Crippen LogP contribution in [-0.4, -0.2) is 4.98 Å². The maximum atomic E-state index is 6.05. The van der Waals surface area contributed by atoms with Crippen molar-refractivity contribution in [1.82, 2.24) is 4.98 Å². The molecule has 2 aromatic rings. The van der Waals surface area contributed by atoms with Crippen LogP contribution in [0.5, 0.6) is 11.6 Å². The van der Waals surface area contributed by atoms with Gasteiger partial charge in [0.1, 0.15) is 5.75 Å². The number of pyridine rings is 1. The molecular formula is C13H12Cl2N2O. The highest BCUT2D eigenvalue weighted by Gasteiger charge is 2.09. The molecule has 1 heterocycles. The van der Waals surface area contributed by atoms with Gasteiger partial charge in [-0.3, -0.25) is 0 Å². The first-order chi connectivity index (χ1) is 8.60. The molecule has 3 nitrogen and oxygen atoms in total. The number of benzene rings is 1. The van der Waals surface area contributed by atoms with Gasteiger partial charge in [0, 0.05) is 22.8 Å². The molecule has 0 bridgehead atoms. The number of ether oxygens (including phenoxy) is 1. The average Bonchev–Trinajstić information content (AvgIpc) is 2.33. The van der Waals surface area contributed by atoms with Gasteiger partial charge in [-0.15, -0.1) is 0 Å². The third-order valence-corrected chi connectivity index (χ3v) is 2.93. The van der Waals surface area contributed by atoms with E-state index >= 15 is 0 Å². The van der Waals surface area contributed by atoms with Gasteiger partial charge >= 0.3 is 0 Å². The summed E-state index contributed by atoms with van der Waals surface area (Å²) in [6, 6.07) is 8.81. The molecule has 0 atom stereocenters. The van der Waals surface area contributed by atoms with E-state index < -0.39 is 0 Å². The van der Waals surface area contributed by atoms with Gasteiger partial charge in [0.25, 0.3) is 0 Å². The van der Waals surface area contributed by atoms with E-state index in [9.17, 15) is 0 Å². The minimum Gasteiger partial charge on any atom is -0.437 e. The molecule has 1 aromatic heterocycles. The van der Waals surface area contributed by atoms with Crippen molar-refractivity contribution in [2.45, 2.75) is 13.5 Å². The van der Waals surface area contributed by atoms with Gasteiger partial charge in [0.05, 0.1) is 5.02 Å². The first-order valence-corrected chi connectivity index (χ1v) is 6.15. The Balaban J connectivity index is 2.36. The van der Waals surface area contributed by atoms with Crippen molar-refractivity contribution >= 4 is 23.2 Å². The van der Waals surface area contributed by atoms with Crippen LogP contribution < -0.4 is 10.5 Å². The fraction of sp³-hybridized carbons (Fsp3) is 0.154. The van der Waals surface area contributed by atoms with Crippen LogP contribution in [0, 0.1) is 6.92 Å². The predicted molar refractivity (Wildman–Crippen MR) is 73.4 cm³/mol. The first kappa shape index (κ1) is 13.1. The molecule has 94 valence electrons. The maximum Gasteiger partial charge on any atom is 0.224 e. The molecule has 0 amide bonds. The van der Waals surface area contributed by atoms with Crippen molar-refractivity contribution in [3.8, 4) is 11.6 Å². The second-order valence-electron chi connectivity index (χ2n) is 3.80. The van der Waals surface area contributed by atoms with Crippen molar-refractivity contribution in [2.75, 3.05) is 0 Å². The van der Waals surface area contributed by atoms with Crippen molar-refractivity contribution in [3.63, 3.8) is 0 Å². The lowest BCUT2D eigenvalue weighted by Crippen LogP contribution is -2.02. The summed E-state index contributed by atoms with van der Waals surface area (Å²) in [5.74, 6) is 0.982. The molecule has 0 radical (unpaired) electrons. The summed E-state index contributed by atoms with van der Waals surface area (Å²) in [5.41, 5.74) is 7.32. The zero-order chi connectivity index (χ0) is 13.1. The summed E-state index contributed by atoms with van der Waals surface area (Å²) in [4.78, 5) is 4.31. The summed E-state index contributed by atoms with van der Waals surface area (Å²) in [7, 11) is 0. The van der Waals surface area contributed by atoms with E-state index in [2.05, 4.69) is 4.98 Å². The van der Waals surface area contributed by atoms with Crippen LogP contribution in [0.4, 0.5) is 0 Å². The van der Waals surface area contributed by atoms with Crippen LogP contribution in [0.1, 0.15) is 11.3 Å². The van der Waals surface area contributed by atoms with E-state index in [1.807, 2.05) is 19.1 Å². The van der Waals surface area contributed by atoms with Crippen molar-refractivity contribution < 1.29 is 4.74 Å². The zero-order valence-electron chi connectivity index (χ0n) is 9.78. The molecule has 0 saturated carbocycles. The number of rotatable bonds is 3. The number of aromatic nitrogens is 1. The summed E-state index contributed by atoms with van der Waals surface area (Å²) >= 11 is 11.9. The van der Waals surface area contributed by atoms with Gasteiger partial charge in [0.15, 0.2) is 0 Å². The summed E-state index contributed by atoms with van der Waals surface area (Å²) in [6.07, 6.45) is 0. The Hall–Kier alpha value is -1.29. The Kier molecular flexibility index (Phi) is 4.07. The third-order valence-electron chi connectivity index (χ3n) is 2.40. The maximum absolute atomic E-state index is 6.05. The van der Waals surface area contributed by atoms with Gasteiger partial charge in [-0.25, -0.2) is 4.98 Å². The lowest BCUT2D eigenvalue weighted by molar-refractivity contribution is 0.455. The highest BCUT2D eigenvalue weighted by molar-refractivity contribution is 6.35. The number of aryl methyl sites for hydroxylation is 1. The van der Waals surface area contributed by atoms with E-state index in [1.165, 1.54) is 0 Å². The SMILES string of the molecule is Cc1ccc(CN)c(Oc2ccc(Cl)cc2Cl)n1. The van der Waals surface area contributed by atoms with E-state index in [0.717, 1.165) is 11.3 Å². The van der Waals surface area contributed by atoms with Crippen LogP contribution in [0.25, 0.3) is 0 Å². The van der Waals surface area contributed by atoms with Gasteiger partial charge in [-0.1, -0.05) is 29.3 Å². The highest BCUT2D eigenvalue weighted by atomic mass is 35.5. The molecule has 0 unspecified atom stereocenters. The lowest BCUT2D eigenvalue weighted by atomic mass is 10.2. The number of hydrogen-bond acceptors (Lipinski definition) is 3. The van der Waals surface area contributed by atoms with Crippen molar-refractivity contribution in [1.29, 1.82) is 0 Å². The van der Waals surface area contributed by atoms with Crippen molar-refractivity contribution in [2.24, 2.45) is 5.73 Å². The largest absolute Gasteiger partial charge is 0.437 e. The Morgan fingerprint density at radius 1 is 1.22 bits per heavy atom. The van der Waals surface area contributed by atoms with E-state index in [0.29, 0.717) is 28.2 Å². The van der Waals surface area contributed by atoms with Crippen LogP contribution in [0.3, 0.4) is 0 Å². The minimum absolute atomic E-state index is 0.355. The second-order valence-corrected chi connectivity index (χ2v) is 4.64. The molecule has 1 aromatic carbocycles. The molecule has 0 aliphatic rings. The van der Waals surface area contributed by atoms with Gasteiger partial charge < -0.3 is 10.5 Å². The second kappa shape index (κ2) is 5.57. The summed E-state index contributed by atoms with van der Waals surface area (Å²) in [6.45, 7) is 2.24. The Morgan fingerprint density at radius 2 is 2.00 bits per heavy atom. The standard InChI is InChI=1S/C13H12Cl2N2O/c1-8-2-3-9(7-16)13(17-8)18-12-5-4-10(14)6-11(12)15/h2-6H,7,16H2,1H3. The molecule has 0 aliphatic heterocycles. The molecule has 2 N–H and O–H groups in total. The van der Waals surface area contributed by atoms with E-state index in [4.69, 9.17) is 33.7 Å². The van der Waals surface area contributed by atoms with E-state index in [-0.39, 0.29) is 0 Å². The summed E-state index contributed by atoms with van der Waals surface area (Å²) in [5, 5.41) is 0.998. The van der Waals surface area contributed by atoms with Crippen molar-refractivity contribution in [3.05, 3.63) is 51.6 Å². The monoisotopic (exact) mass is 282 g/mol. The molecule has 0 saturated heterocycles. The van der Waals surface area contributed by atoms with Crippen LogP contribution >= 0.6 is 23.2 Å². The summed E-state index contributed by atoms with van der Waals surface area (Å²) < 4.78 is 5.69. The van der Waals surface area contributed by atoms with Gasteiger partial charge in [-0.05, 0) is 31.2 Å². The fourth-order valence-electron chi connectivity index (χ4n) is 1.47. The lowest BCUT2D eigenvalue weighted by Gasteiger charge is -2.10. The molecule has 0 spiro atoms. The molecular weight excluding hydrogens is 271 g/mol.